The van der Waals surface area contributed by atoms with E-state index in [0.29, 0.717) is 0 Å². The number of hydrogen-bond donors (Lipinski definition) is 1. The second-order valence-corrected chi connectivity index (χ2v) is 4.69. The molecule has 1 rings (SSSR count). The molecule has 0 fully saturated rings. The average molecular weight is 209 g/mol. The normalized spacial score (nSPS) is 12.7. The third kappa shape index (κ3) is 4.16. The molecule has 0 spiro atoms. The first-order chi connectivity index (χ1) is 6.86. The van der Waals surface area contributed by atoms with E-state index in [1.165, 1.54) is 12.0 Å². The molecule has 0 saturated carbocycles. The summed E-state index contributed by atoms with van der Waals surface area (Å²) in [6.45, 7) is 3.04. The third-order valence-electron chi connectivity index (χ3n) is 2.27. The van der Waals surface area contributed by atoms with E-state index in [-0.39, 0.29) is 0 Å². The van der Waals surface area contributed by atoms with E-state index < -0.39 is 0 Å². The molecule has 0 heterocycles. The molecule has 0 saturated heterocycles. The van der Waals surface area contributed by atoms with Crippen molar-refractivity contribution in [1.82, 2.24) is 0 Å². The Labute approximate surface area is 91.1 Å². The lowest BCUT2D eigenvalue weighted by Gasteiger charge is -2.12. The monoisotopic (exact) mass is 209 g/mol. The highest BCUT2D eigenvalue weighted by Crippen LogP contribution is 2.22. The van der Waals surface area contributed by atoms with Gasteiger partial charge in [-0.3, -0.25) is 0 Å². The maximum atomic E-state index is 5.56. The highest BCUT2D eigenvalue weighted by Gasteiger charge is 2.05. The molecule has 0 aliphatic carbocycles. The zero-order chi connectivity index (χ0) is 10.2. The van der Waals surface area contributed by atoms with Crippen molar-refractivity contribution in [3.05, 3.63) is 35.9 Å². The molecular weight excluding hydrogens is 190 g/mol. The van der Waals surface area contributed by atoms with Crippen LogP contribution in [0.3, 0.4) is 0 Å². The first-order valence-corrected chi connectivity index (χ1v) is 6.27. The Kier molecular flexibility index (Phi) is 5.72. The minimum Gasteiger partial charge on any atom is -0.330 e. The molecule has 0 aliphatic rings. The first-order valence-electron chi connectivity index (χ1n) is 5.22. The van der Waals surface area contributed by atoms with Crippen LogP contribution >= 0.6 is 11.8 Å². The van der Waals surface area contributed by atoms with E-state index in [2.05, 4.69) is 37.3 Å². The average Bonchev–Trinajstić information content (AvgIpc) is 2.25. The van der Waals surface area contributed by atoms with E-state index in [0.717, 1.165) is 24.0 Å². The van der Waals surface area contributed by atoms with Crippen LogP contribution < -0.4 is 5.73 Å². The van der Waals surface area contributed by atoms with Gasteiger partial charge in [0.2, 0.25) is 0 Å². The second kappa shape index (κ2) is 6.91. The zero-order valence-electron chi connectivity index (χ0n) is 8.78. The largest absolute Gasteiger partial charge is 0.330 e. The van der Waals surface area contributed by atoms with E-state index in [9.17, 15) is 0 Å². The summed E-state index contributed by atoms with van der Waals surface area (Å²) in [5, 5.41) is 0.722. The van der Waals surface area contributed by atoms with Gasteiger partial charge in [0, 0.05) is 11.0 Å². The Balaban J connectivity index is 2.32. The maximum absolute atomic E-state index is 5.56. The lowest BCUT2D eigenvalue weighted by molar-refractivity contribution is 0.745. The molecule has 78 valence electrons. The topological polar surface area (TPSA) is 26.0 Å². The Morgan fingerprint density at radius 2 is 2.00 bits per heavy atom. The van der Waals surface area contributed by atoms with Gasteiger partial charge >= 0.3 is 0 Å². The fourth-order valence-electron chi connectivity index (χ4n) is 1.38. The van der Waals surface area contributed by atoms with Crippen LogP contribution in [0.15, 0.2) is 30.3 Å². The van der Waals surface area contributed by atoms with Gasteiger partial charge < -0.3 is 5.73 Å². The molecular formula is C12H19NS. The number of thioether (sulfide) groups is 1. The van der Waals surface area contributed by atoms with Gasteiger partial charge in [0.25, 0.3) is 0 Å². The maximum Gasteiger partial charge on any atom is 0.0187 e. The summed E-state index contributed by atoms with van der Waals surface area (Å²) in [5.74, 6) is 1.11. The lowest BCUT2D eigenvalue weighted by atomic mass is 10.2. The lowest BCUT2D eigenvalue weighted by Crippen LogP contribution is -2.09. The summed E-state index contributed by atoms with van der Waals surface area (Å²) in [5.41, 5.74) is 6.97. The van der Waals surface area contributed by atoms with Crippen molar-refractivity contribution in [2.45, 2.75) is 30.8 Å². The first kappa shape index (κ1) is 11.6. The fourth-order valence-corrected chi connectivity index (χ4v) is 2.54. The quantitative estimate of drug-likeness (QED) is 0.779. The minimum atomic E-state index is 0.722. The van der Waals surface area contributed by atoms with Crippen molar-refractivity contribution in [2.24, 2.45) is 5.73 Å². The van der Waals surface area contributed by atoms with Gasteiger partial charge in [-0.25, -0.2) is 0 Å². The molecule has 0 amide bonds. The van der Waals surface area contributed by atoms with Crippen molar-refractivity contribution < 1.29 is 0 Å². The number of nitrogens with two attached hydrogens (primary N) is 1. The predicted octanol–water partition coefficient (Wildman–Crippen LogP) is 3.05. The summed E-state index contributed by atoms with van der Waals surface area (Å²) < 4.78 is 0. The summed E-state index contributed by atoms with van der Waals surface area (Å²) in [6, 6.07) is 10.6. The van der Waals surface area contributed by atoms with E-state index in [1.807, 2.05) is 11.8 Å². The molecule has 1 atom stereocenters. The molecule has 0 aliphatic heterocycles. The highest BCUT2D eigenvalue weighted by atomic mass is 32.2. The van der Waals surface area contributed by atoms with Crippen LogP contribution in [0.4, 0.5) is 0 Å². The van der Waals surface area contributed by atoms with E-state index >= 15 is 0 Å². The van der Waals surface area contributed by atoms with Crippen LogP contribution in [0.2, 0.25) is 0 Å². The molecule has 1 unspecified atom stereocenters. The van der Waals surface area contributed by atoms with E-state index in [1.54, 1.807) is 0 Å². The van der Waals surface area contributed by atoms with Crippen molar-refractivity contribution in [3.8, 4) is 0 Å². The molecule has 2 heteroatoms. The summed E-state index contributed by atoms with van der Waals surface area (Å²) in [6.07, 6.45) is 2.35. The predicted molar refractivity (Wildman–Crippen MR) is 65.5 cm³/mol. The van der Waals surface area contributed by atoms with Gasteiger partial charge in [-0.1, -0.05) is 37.3 Å². The van der Waals surface area contributed by atoms with Crippen molar-refractivity contribution in [2.75, 3.05) is 6.54 Å². The van der Waals surface area contributed by atoms with Gasteiger partial charge in [-0.05, 0) is 24.9 Å². The molecule has 1 aromatic carbocycles. The molecule has 0 aromatic heterocycles. The van der Waals surface area contributed by atoms with Crippen molar-refractivity contribution >= 4 is 11.8 Å². The van der Waals surface area contributed by atoms with Gasteiger partial charge in [0.05, 0.1) is 0 Å². The number of rotatable bonds is 6. The molecule has 1 aromatic rings. The van der Waals surface area contributed by atoms with Gasteiger partial charge in [0.1, 0.15) is 0 Å². The Bertz CT molecular complexity index is 235. The molecule has 1 nitrogen and oxygen atoms in total. The smallest absolute Gasteiger partial charge is 0.0187 e. The zero-order valence-corrected chi connectivity index (χ0v) is 9.59. The minimum absolute atomic E-state index is 0.722. The van der Waals surface area contributed by atoms with Crippen LogP contribution in [-0.4, -0.2) is 11.8 Å². The molecule has 14 heavy (non-hydrogen) atoms. The molecule has 0 radical (unpaired) electrons. The van der Waals surface area contributed by atoms with Crippen molar-refractivity contribution in [1.29, 1.82) is 0 Å². The summed E-state index contributed by atoms with van der Waals surface area (Å²) >= 11 is 2.02. The SMILES string of the molecule is CCC(CCN)SCc1ccccc1. The van der Waals surface area contributed by atoms with Crippen molar-refractivity contribution in [3.63, 3.8) is 0 Å². The summed E-state index contributed by atoms with van der Waals surface area (Å²) in [4.78, 5) is 0. The third-order valence-corrected chi connectivity index (χ3v) is 3.81. The van der Waals surface area contributed by atoms with E-state index in [4.69, 9.17) is 5.73 Å². The van der Waals surface area contributed by atoms with Gasteiger partial charge in [0.15, 0.2) is 0 Å². The number of benzene rings is 1. The van der Waals surface area contributed by atoms with Crippen LogP contribution in [0.5, 0.6) is 0 Å². The van der Waals surface area contributed by atoms with Gasteiger partial charge in [-0.2, -0.15) is 11.8 Å². The van der Waals surface area contributed by atoms with Crippen LogP contribution in [0.1, 0.15) is 25.3 Å². The highest BCUT2D eigenvalue weighted by molar-refractivity contribution is 7.99. The second-order valence-electron chi connectivity index (χ2n) is 3.40. The summed E-state index contributed by atoms with van der Waals surface area (Å²) in [7, 11) is 0. The fraction of sp³-hybridized carbons (Fsp3) is 0.500. The van der Waals surface area contributed by atoms with Crippen LogP contribution in [0.25, 0.3) is 0 Å². The Morgan fingerprint density at radius 3 is 2.57 bits per heavy atom. The van der Waals surface area contributed by atoms with Gasteiger partial charge in [-0.15, -0.1) is 0 Å². The standard InChI is InChI=1S/C12H19NS/c1-2-12(8-9-13)14-10-11-6-4-3-5-7-11/h3-7,12H,2,8-10,13H2,1H3. The number of hydrogen-bond acceptors (Lipinski definition) is 2. The Morgan fingerprint density at radius 1 is 1.29 bits per heavy atom. The molecule has 0 bridgehead atoms. The van der Waals surface area contributed by atoms with Crippen LogP contribution in [0, 0.1) is 0 Å². The molecule has 2 N–H and O–H groups in total. The Hall–Kier alpha value is -0.470. The van der Waals surface area contributed by atoms with Crippen LogP contribution in [-0.2, 0) is 5.75 Å².